The maximum absolute atomic E-state index is 12.9. The van der Waals surface area contributed by atoms with E-state index in [9.17, 15) is 16.8 Å². The number of sulfonamides is 2. The van der Waals surface area contributed by atoms with Gasteiger partial charge in [-0.3, -0.25) is 0 Å². The molecule has 11 heteroatoms. The van der Waals surface area contributed by atoms with Gasteiger partial charge >= 0.3 is 0 Å². The zero-order valence-corrected chi connectivity index (χ0v) is 15.9. The molecular weight excluding hydrogens is 396 g/mol. The molecule has 0 N–H and O–H groups in total. The maximum Gasteiger partial charge on any atom is 0.276 e. The molecule has 1 aromatic carbocycles. The lowest BCUT2D eigenvalue weighted by Gasteiger charge is -2.32. The molecule has 2 aromatic rings. The summed E-state index contributed by atoms with van der Waals surface area (Å²) < 4.78 is 69.1. The summed E-state index contributed by atoms with van der Waals surface area (Å²) >= 11 is 0. The van der Waals surface area contributed by atoms with Gasteiger partial charge in [0.1, 0.15) is 13.2 Å². The van der Waals surface area contributed by atoms with Crippen molar-refractivity contribution >= 4 is 20.0 Å². The Morgan fingerprint density at radius 2 is 1.41 bits per heavy atom. The largest absolute Gasteiger partial charge is 0.486 e. The lowest BCUT2D eigenvalue weighted by atomic mass is 10.3. The molecule has 0 aliphatic carbocycles. The van der Waals surface area contributed by atoms with Gasteiger partial charge in [0.05, 0.1) is 11.2 Å². The molecule has 146 valence electrons. The van der Waals surface area contributed by atoms with Crippen molar-refractivity contribution in [3.63, 3.8) is 0 Å². The molecule has 4 rings (SSSR count). The Kier molecular flexibility index (Phi) is 4.62. The summed E-state index contributed by atoms with van der Waals surface area (Å²) in [6, 6.07) is 7.34. The summed E-state index contributed by atoms with van der Waals surface area (Å²) in [7, 11) is -7.52. The minimum atomic E-state index is -3.77. The van der Waals surface area contributed by atoms with E-state index in [4.69, 9.17) is 13.9 Å². The topological polar surface area (TPSA) is 106 Å². The lowest BCUT2D eigenvalue weighted by Crippen LogP contribution is -2.50. The van der Waals surface area contributed by atoms with Crippen LogP contribution in [0, 0.1) is 0 Å². The SMILES string of the molecule is O=S(=O)(c1ccc2c(c1)OCCO2)N1CCN(S(=O)(=O)c2ccco2)CC1. The molecule has 0 amide bonds. The van der Waals surface area contributed by atoms with Crippen molar-refractivity contribution < 1.29 is 30.7 Å². The van der Waals surface area contributed by atoms with Gasteiger partial charge in [0.25, 0.3) is 10.0 Å². The second kappa shape index (κ2) is 6.82. The molecule has 0 spiro atoms. The van der Waals surface area contributed by atoms with E-state index >= 15 is 0 Å². The van der Waals surface area contributed by atoms with E-state index in [-0.39, 0.29) is 36.2 Å². The Labute approximate surface area is 157 Å². The Hall–Kier alpha value is -2.08. The summed E-state index contributed by atoms with van der Waals surface area (Å²) in [5.41, 5.74) is 0. The van der Waals surface area contributed by atoms with Crippen molar-refractivity contribution in [2.24, 2.45) is 0 Å². The highest BCUT2D eigenvalue weighted by Crippen LogP contribution is 2.33. The van der Waals surface area contributed by atoms with Crippen LogP contribution in [0.5, 0.6) is 11.5 Å². The minimum absolute atomic E-state index is 0.0484. The van der Waals surface area contributed by atoms with E-state index in [0.717, 1.165) is 0 Å². The Morgan fingerprint density at radius 1 is 0.778 bits per heavy atom. The molecule has 0 atom stereocenters. The van der Waals surface area contributed by atoms with Crippen molar-refractivity contribution in [3.05, 3.63) is 36.6 Å². The van der Waals surface area contributed by atoms with E-state index < -0.39 is 20.0 Å². The van der Waals surface area contributed by atoms with Gasteiger partial charge in [0.2, 0.25) is 15.1 Å². The summed E-state index contributed by atoms with van der Waals surface area (Å²) in [5, 5.41) is -0.148. The van der Waals surface area contributed by atoms with Crippen LogP contribution < -0.4 is 9.47 Å². The van der Waals surface area contributed by atoms with Crippen molar-refractivity contribution in [3.8, 4) is 11.5 Å². The van der Waals surface area contributed by atoms with Gasteiger partial charge in [-0.05, 0) is 24.3 Å². The number of piperazine rings is 1. The third-order valence-corrected chi connectivity index (χ3v) is 8.12. The summed E-state index contributed by atoms with van der Waals surface area (Å²) in [6.45, 7) is 0.984. The van der Waals surface area contributed by atoms with Crippen molar-refractivity contribution in [1.29, 1.82) is 0 Å². The number of rotatable bonds is 4. The molecule has 27 heavy (non-hydrogen) atoms. The Bertz CT molecular complexity index is 1020. The molecular formula is C16H18N2O7S2. The summed E-state index contributed by atoms with van der Waals surface area (Å²) in [6.07, 6.45) is 1.29. The molecule has 0 radical (unpaired) electrons. The fraction of sp³-hybridized carbons (Fsp3) is 0.375. The zero-order valence-electron chi connectivity index (χ0n) is 14.3. The number of fused-ring (bicyclic) bond motifs is 1. The number of benzene rings is 1. The van der Waals surface area contributed by atoms with Gasteiger partial charge in [-0.1, -0.05) is 0 Å². The molecule has 1 saturated heterocycles. The van der Waals surface area contributed by atoms with Crippen LogP contribution in [0.1, 0.15) is 0 Å². The van der Waals surface area contributed by atoms with Crippen molar-refractivity contribution in [2.75, 3.05) is 39.4 Å². The quantitative estimate of drug-likeness (QED) is 0.727. The predicted molar refractivity (Wildman–Crippen MR) is 93.7 cm³/mol. The van der Waals surface area contributed by atoms with Crippen LogP contribution in [0.25, 0.3) is 0 Å². The van der Waals surface area contributed by atoms with E-state index in [2.05, 4.69) is 0 Å². The summed E-state index contributed by atoms with van der Waals surface area (Å²) in [4.78, 5) is 0.0918. The first-order chi connectivity index (χ1) is 12.9. The minimum Gasteiger partial charge on any atom is -0.486 e. The third-order valence-electron chi connectivity index (χ3n) is 4.44. The highest BCUT2D eigenvalue weighted by atomic mass is 32.2. The van der Waals surface area contributed by atoms with Crippen molar-refractivity contribution in [2.45, 2.75) is 9.99 Å². The predicted octanol–water partition coefficient (Wildman–Crippen LogP) is 0.746. The molecule has 0 bridgehead atoms. The average Bonchev–Trinajstić information content (AvgIpc) is 3.23. The van der Waals surface area contributed by atoms with Crippen molar-refractivity contribution in [1.82, 2.24) is 8.61 Å². The fourth-order valence-electron chi connectivity index (χ4n) is 3.02. The monoisotopic (exact) mass is 414 g/mol. The highest BCUT2D eigenvalue weighted by Gasteiger charge is 2.35. The standard InChI is InChI=1S/C16H18N2O7S2/c19-26(20,13-3-4-14-15(12-13)24-11-10-23-14)17-5-7-18(8-6-17)27(21,22)16-2-1-9-25-16/h1-4,9,12H,5-8,10-11H2. The molecule has 0 saturated carbocycles. The number of furan rings is 1. The van der Waals surface area contributed by atoms with Crippen LogP contribution in [0.2, 0.25) is 0 Å². The van der Waals surface area contributed by atoms with Gasteiger partial charge in [0, 0.05) is 32.2 Å². The first kappa shape index (κ1) is 18.3. The Morgan fingerprint density at radius 3 is 2.04 bits per heavy atom. The van der Waals surface area contributed by atoms with Gasteiger partial charge in [-0.25, -0.2) is 16.8 Å². The number of ether oxygens (including phenoxy) is 2. The number of hydrogen-bond donors (Lipinski definition) is 0. The normalized spacial score (nSPS) is 19.1. The van der Waals surface area contributed by atoms with E-state index in [1.54, 1.807) is 6.07 Å². The van der Waals surface area contributed by atoms with Crippen LogP contribution in [-0.4, -0.2) is 64.8 Å². The molecule has 9 nitrogen and oxygen atoms in total. The fourth-order valence-corrected chi connectivity index (χ4v) is 5.79. The lowest BCUT2D eigenvalue weighted by molar-refractivity contribution is 0.171. The molecule has 1 fully saturated rings. The Balaban J connectivity index is 1.50. The average molecular weight is 414 g/mol. The van der Waals surface area contributed by atoms with Crippen LogP contribution >= 0.6 is 0 Å². The highest BCUT2D eigenvalue weighted by molar-refractivity contribution is 7.89. The van der Waals surface area contributed by atoms with Crippen LogP contribution in [0.4, 0.5) is 0 Å². The molecule has 2 aliphatic rings. The van der Waals surface area contributed by atoms with Gasteiger partial charge in [0.15, 0.2) is 11.5 Å². The van der Waals surface area contributed by atoms with Crippen LogP contribution in [-0.2, 0) is 20.0 Å². The molecule has 0 unspecified atom stereocenters. The van der Waals surface area contributed by atoms with Gasteiger partial charge in [-0.2, -0.15) is 8.61 Å². The summed E-state index contributed by atoms with van der Waals surface area (Å²) in [5.74, 6) is 0.899. The second-order valence-electron chi connectivity index (χ2n) is 6.05. The molecule has 1 aromatic heterocycles. The first-order valence-electron chi connectivity index (χ1n) is 8.32. The van der Waals surface area contributed by atoms with Crippen LogP contribution in [0.15, 0.2) is 51.0 Å². The van der Waals surface area contributed by atoms with Crippen LogP contribution in [0.3, 0.4) is 0 Å². The number of nitrogens with zero attached hydrogens (tertiary/aromatic N) is 2. The van der Waals surface area contributed by atoms with Gasteiger partial charge < -0.3 is 13.9 Å². The maximum atomic E-state index is 12.9. The van der Waals surface area contributed by atoms with E-state index in [0.29, 0.717) is 24.7 Å². The van der Waals surface area contributed by atoms with E-state index in [1.165, 1.54) is 39.1 Å². The zero-order chi connectivity index (χ0) is 19.1. The second-order valence-corrected chi connectivity index (χ2v) is 9.85. The van der Waals surface area contributed by atoms with Gasteiger partial charge in [-0.15, -0.1) is 0 Å². The third kappa shape index (κ3) is 3.31. The molecule has 3 heterocycles. The first-order valence-corrected chi connectivity index (χ1v) is 11.2. The number of hydrogen-bond acceptors (Lipinski definition) is 7. The van der Waals surface area contributed by atoms with E-state index in [1.807, 2.05) is 0 Å². The molecule has 2 aliphatic heterocycles. The smallest absolute Gasteiger partial charge is 0.276 e.